The Bertz CT molecular complexity index is 1570. The van der Waals surface area contributed by atoms with E-state index in [0.29, 0.717) is 12.1 Å². The number of amides is 1. The second kappa shape index (κ2) is 12.4. The fourth-order valence-corrected chi connectivity index (χ4v) is 7.42. The molecule has 1 heterocycles. The van der Waals surface area contributed by atoms with Crippen LogP contribution in [0, 0.1) is 11.3 Å². The number of aliphatic carboxylic acids is 1. The molecule has 0 spiro atoms. The van der Waals surface area contributed by atoms with E-state index >= 15 is 0 Å². The molecular weight excluding hydrogens is 564 g/mol. The first kappa shape index (κ1) is 32.4. The third kappa shape index (κ3) is 6.41. The molecule has 1 saturated heterocycles. The molecule has 2 aliphatic rings. The minimum atomic E-state index is -1.06. The van der Waals surface area contributed by atoms with Crippen molar-refractivity contribution < 1.29 is 24.2 Å². The highest BCUT2D eigenvalue weighted by molar-refractivity contribution is 6.02. The summed E-state index contributed by atoms with van der Waals surface area (Å²) in [5.41, 5.74) is 4.02. The van der Waals surface area contributed by atoms with E-state index in [1.165, 1.54) is 5.56 Å². The molecule has 1 aliphatic heterocycles. The van der Waals surface area contributed by atoms with Crippen molar-refractivity contribution in [3.8, 4) is 5.75 Å². The zero-order valence-corrected chi connectivity index (χ0v) is 27.5. The van der Waals surface area contributed by atoms with Gasteiger partial charge in [-0.15, -0.1) is 0 Å². The van der Waals surface area contributed by atoms with Crippen LogP contribution < -0.4 is 10.1 Å². The number of ether oxygens (including phenoxy) is 1. The lowest BCUT2D eigenvalue weighted by Gasteiger charge is -2.35. The van der Waals surface area contributed by atoms with E-state index in [1.807, 2.05) is 81.4 Å². The smallest absolute Gasteiger partial charge is 0.326 e. The lowest BCUT2D eigenvalue weighted by Crippen LogP contribution is -2.48. The molecule has 1 aliphatic carbocycles. The molecule has 1 amide bonds. The van der Waals surface area contributed by atoms with Crippen LogP contribution >= 0.6 is 0 Å². The number of nitrogens with zero attached hydrogens (tertiary/aromatic N) is 1. The van der Waals surface area contributed by atoms with Crippen LogP contribution in [0.4, 0.5) is 0 Å². The largest absolute Gasteiger partial charge is 0.496 e. The minimum Gasteiger partial charge on any atom is -0.496 e. The van der Waals surface area contributed by atoms with Crippen LogP contribution in [-0.4, -0.2) is 46.9 Å². The number of carboxylic acid groups (broad SMARTS) is 1. The molecule has 2 N–H and O–H groups in total. The summed E-state index contributed by atoms with van der Waals surface area (Å²) >= 11 is 0. The quantitative estimate of drug-likeness (QED) is 0.288. The van der Waals surface area contributed by atoms with Crippen molar-refractivity contribution in [2.45, 2.75) is 90.4 Å². The maximum absolute atomic E-state index is 14.5. The van der Waals surface area contributed by atoms with Gasteiger partial charge in [0.25, 0.3) is 0 Å². The van der Waals surface area contributed by atoms with E-state index in [1.54, 1.807) is 12.0 Å². The van der Waals surface area contributed by atoms with Gasteiger partial charge in [0.05, 0.1) is 13.2 Å². The minimum absolute atomic E-state index is 0.0257. The lowest BCUT2D eigenvalue weighted by atomic mass is 9.72. The van der Waals surface area contributed by atoms with E-state index in [-0.39, 0.29) is 41.9 Å². The van der Waals surface area contributed by atoms with Crippen LogP contribution in [-0.2, 0) is 21.5 Å². The van der Waals surface area contributed by atoms with Gasteiger partial charge in [-0.05, 0) is 33.6 Å². The van der Waals surface area contributed by atoms with Gasteiger partial charge in [0.2, 0.25) is 5.91 Å². The molecule has 7 nitrogen and oxygen atoms in total. The SMILES string of the molecule is COc1ccc(C(C)(C)C)cc1CN[C@H]1[C@H](C(C)(C)C)[C@@H](C(=O)O)N(C(=O)CC2CC(=O)c3ccccc32)[C@H]1c1ccccc1. The lowest BCUT2D eigenvalue weighted by molar-refractivity contribution is -0.152. The molecule has 1 fully saturated rings. The molecule has 3 aromatic carbocycles. The van der Waals surface area contributed by atoms with E-state index < -0.39 is 29.4 Å². The summed E-state index contributed by atoms with van der Waals surface area (Å²) in [5.74, 6) is -1.20. The number of benzene rings is 3. The van der Waals surface area contributed by atoms with Crippen LogP contribution in [0.1, 0.15) is 99.0 Å². The first-order valence-electron chi connectivity index (χ1n) is 15.8. The number of carbonyl (C=O) groups is 3. The number of carboxylic acids is 1. The Morgan fingerprint density at radius 3 is 2.24 bits per heavy atom. The Morgan fingerprint density at radius 1 is 0.956 bits per heavy atom. The topological polar surface area (TPSA) is 95.9 Å². The molecule has 5 atom stereocenters. The molecule has 0 aromatic heterocycles. The van der Waals surface area contributed by atoms with Gasteiger partial charge in [-0.25, -0.2) is 4.79 Å². The standard InChI is InChI=1S/C38H46N2O5/c1-37(2,3)26-17-18-30(45-7)25(19-26)22-39-33-32(38(4,5)6)35(36(43)44)40(34(33)23-13-9-8-10-14-23)31(42)21-24-20-29(41)28-16-12-11-15-27(24)28/h8-19,24,32-35,39H,20-22H2,1-7H3,(H,43,44)/t24?,32-,33-,34-,35-/m0/s1. The van der Waals surface area contributed by atoms with Crippen molar-refractivity contribution in [3.63, 3.8) is 0 Å². The van der Waals surface area contributed by atoms with Crippen molar-refractivity contribution in [1.82, 2.24) is 10.2 Å². The third-order valence-corrected chi connectivity index (χ3v) is 9.58. The number of likely N-dealkylation sites (tertiary alicyclic amines) is 1. The second-order valence-electron chi connectivity index (χ2n) is 14.6. The van der Waals surface area contributed by atoms with Crippen LogP contribution in [0.3, 0.4) is 0 Å². The van der Waals surface area contributed by atoms with Gasteiger partial charge >= 0.3 is 5.97 Å². The van der Waals surface area contributed by atoms with E-state index in [4.69, 9.17) is 4.74 Å². The van der Waals surface area contributed by atoms with Gasteiger partial charge in [0, 0.05) is 48.4 Å². The van der Waals surface area contributed by atoms with Gasteiger partial charge in [0.15, 0.2) is 5.78 Å². The summed E-state index contributed by atoms with van der Waals surface area (Å²) < 4.78 is 5.74. The number of rotatable bonds is 8. The fourth-order valence-electron chi connectivity index (χ4n) is 7.42. The van der Waals surface area contributed by atoms with Crippen LogP contribution in [0.5, 0.6) is 5.75 Å². The van der Waals surface area contributed by atoms with Crippen LogP contribution in [0.15, 0.2) is 72.8 Å². The Balaban J connectivity index is 1.57. The van der Waals surface area contributed by atoms with E-state index in [0.717, 1.165) is 22.4 Å². The first-order valence-corrected chi connectivity index (χ1v) is 15.8. The number of ketones is 1. The van der Waals surface area contributed by atoms with Crippen molar-refractivity contribution in [2.75, 3.05) is 7.11 Å². The first-order chi connectivity index (χ1) is 21.2. The van der Waals surface area contributed by atoms with E-state index in [9.17, 15) is 19.5 Å². The average Bonchev–Trinajstić information content (AvgIpc) is 3.51. The predicted molar refractivity (Wildman–Crippen MR) is 175 cm³/mol. The summed E-state index contributed by atoms with van der Waals surface area (Å²) in [6.45, 7) is 13.1. The third-order valence-electron chi connectivity index (χ3n) is 9.58. The molecule has 5 rings (SSSR count). The molecule has 0 radical (unpaired) electrons. The molecular formula is C38H46N2O5. The van der Waals surface area contributed by atoms with Gasteiger partial charge in [-0.2, -0.15) is 0 Å². The molecule has 0 bridgehead atoms. The van der Waals surface area contributed by atoms with Gasteiger partial charge < -0.3 is 20.1 Å². The average molecular weight is 611 g/mol. The molecule has 7 heteroatoms. The van der Waals surface area contributed by atoms with Crippen LogP contribution in [0.25, 0.3) is 0 Å². The molecule has 3 aromatic rings. The monoisotopic (exact) mass is 610 g/mol. The number of hydrogen-bond donors (Lipinski definition) is 2. The Hall–Kier alpha value is -3.97. The molecule has 45 heavy (non-hydrogen) atoms. The highest BCUT2D eigenvalue weighted by Crippen LogP contribution is 2.49. The Morgan fingerprint density at radius 2 is 1.62 bits per heavy atom. The molecule has 238 valence electrons. The molecule has 1 unspecified atom stereocenters. The predicted octanol–water partition coefficient (Wildman–Crippen LogP) is 6.91. The summed E-state index contributed by atoms with van der Waals surface area (Å²) in [5, 5.41) is 14.6. The Kier molecular flexibility index (Phi) is 8.96. The second-order valence-corrected chi connectivity index (χ2v) is 14.6. The maximum Gasteiger partial charge on any atom is 0.326 e. The number of hydrogen-bond acceptors (Lipinski definition) is 5. The summed E-state index contributed by atoms with van der Waals surface area (Å²) in [7, 11) is 1.66. The highest BCUT2D eigenvalue weighted by atomic mass is 16.5. The number of nitrogens with one attached hydrogen (secondary N) is 1. The zero-order valence-electron chi connectivity index (χ0n) is 27.5. The highest BCUT2D eigenvalue weighted by Gasteiger charge is 2.58. The zero-order chi connectivity index (χ0) is 32.7. The van der Waals surface area contributed by atoms with Crippen molar-refractivity contribution >= 4 is 17.7 Å². The summed E-state index contributed by atoms with van der Waals surface area (Å²) in [4.78, 5) is 42.1. The number of methoxy groups -OCH3 is 1. The maximum atomic E-state index is 14.5. The fraction of sp³-hybridized carbons (Fsp3) is 0.447. The summed E-state index contributed by atoms with van der Waals surface area (Å²) in [6.07, 6.45) is 0.321. The number of Topliss-reactive ketones (excluding diaryl/α,β-unsaturated/α-hetero) is 1. The van der Waals surface area contributed by atoms with Crippen LogP contribution in [0.2, 0.25) is 0 Å². The van der Waals surface area contributed by atoms with Crippen molar-refractivity contribution in [3.05, 3.63) is 101 Å². The number of carbonyl (C=O) groups excluding carboxylic acids is 2. The van der Waals surface area contributed by atoms with Crippen molar-refractivity contribution in [2.24, 2.45) is 11.3 Å². The normalized spacial score (nSPS) is 23.2. The van der Waals surface area contributed by atoms with Gasteiger partial charge in [0.1, 0.15) is 11.8 Å². The van der Waals surface area contributed by atoms with E-state index in [2.05, 4.69) is 38.2 Å². The number of fused-ring (bicyclic) bond motifs is 1. The van der Waals surface area contributed by atoms with Gasteiger partial charge in [-0.3, -0.25) is 9.59 Å². The summed E-state index contributed by atoms with van der Waals surface area (Å²) in [6, 6.07) is 21.4. The van der Waals surface area contributed by atoms with Crippen molar-refractivity contribution in [1.29, 1.82) is 0 Å². The van der Waals surface area contributed by atoms with Gasteiger partial charge in [-0.1, -0.05) is 108 Å². The molecule has 0 saturated carbocycles. The Labute approximate surface area is 267 Å².